The molecule has 1 aromatic rings. The van der Waals surface area contributed by atoms with Crippen molar-refractivity contribution >= 4 is 5.82 Å². The zero-order valence-electron chi connectivity index (χ0n) is 9.18. The van der Waals surface area contributed by atoms with Crippen molar-refractivity contribution < 1.29 is 18.3 Å². The van der Waals surface area contributed by atoms with E-state index in [0.717, 1.165) is 0 Å². The van der Waals surface area contributed by atoms with Crippen LogP contribution in [0.25, 0.3) is 0 Å². The third-order valence-corrected chi connectivity index (χ3v) is 2.37. The topological polar surface area (TPSA) is 45.1 Å². The number of aliphatic hydroxyl groups excluding tert-OH is 1. The monoisotopic (exact) mass is 234 g/mol. The number of rotatable bonds is 3. The Bertz CT molecular complexity index is 394. The highest BCUT2D eigenvalue weighted by atomic mass is 19.2. The molecule has 0 spiro atoms. The zero-order valence-corrected chi connectivity index (χ0v) is 9.18. The molecule has 16 heavy (non-hydrogen) atoms. The number of hydrogen-bond acceptors (Lipinski definition) is 3. The smallest absolute Gasteiger partial charge is 0.251 e. The standard InChI is InChI=1S/C10H13F3N2O/c1-5(16)10(2,3)15-9-7(12)4-6(11)8(13)14-9/h4-5,16H,1-3H3,(H,14,15). The lowest BCUT2D eigenvalue weighted by Gasteiger charge is -2.29. The van der Waals surface area contributed by atoms with Crippen LogP contribution in [0, 0.1) is 17.6 Å². The fourth-order valence-corrected chi connectivity index (χ4v) is 0.941. The molecule has 0 saturated heterocycles. The number of aliphatic hydroxyl groups is 1. The van der Waals surface area contributed by atoms with E-state index in [2.05, 4.69) is 10.3 Å². The first kappa shape index (κ1) is 12.8. The van der Waals surface area contributed by atoms with Gasteiger partial charge in [-0.25, -0.2) is 8.78 Å². The molecule has 90 valence electrons. The van der Waals surface area contributed by atoms with Gasteiger partial charge in [0.05, 0.1) is 11.6 Å². The third kappa shape index (κ3) is 2.63. The van der Waals surface area contributed by atoms with E-state index >= 15 is 0 Å². The van der Waals surface area contributed by atoms with Crippen molar-refractivity contribution in [3.05, 3.63) is 23.6 Å². The van der Waals surface area contributed by atoms with E-state index in [1.807, 2.05) is 0 Å². The van der Waals surface area contributed by atoms with E-state index in [1.165, 1.54) is 6.92 Å². The molecular formula is C10H13F3N2O. The van der Waals surface area contributed by atoms with Crippen molar-refractivity contribution in [1.82, 2.24) is 4.98 Å². The Morgan fingerprint density at radius 2 is 1.88 bits per heavy atom. The predicted octanol–water partition coefficient (Wildman–Crippen LogP) is 2.07. The van der Waals surface area contributed by atoms with E-state index < -0.39 is 35.0 Å². The van der Waals surface area contributed by atoms with Gasteiger partial charge in [-0.15, -0.1) is 0 Å². The summed E-state index contributed by atoms with van der Waals surface area (Å²) in [7, 11) is 0. The van der Waals surface area contributed by atoms with Crippen LogP contribution < -0.4 is 5.32 Å². The molecule has 6 heteroatoms. The second-order valence-electron chi connectivity index (χ2n) is 4.11. The molecule has 0 saturated carbocycles. The Labute approximate surface area is 91.3 Å². The number of nitrogens with one attached hydrogen (secondary N) is 1. The lowest BCUT2D eigenvalue weighted by atomic mass is 9.99. The summed E-state index contributed by atoms with van der Waals surface area (Å²) in [6, 6.07) is 0.406. The van der Waals surface area contributed by atoms with Crippen LogP contribution in [0.2, 0.25) is 0 Å². The van der Waals surface area contributed by atoms with Gasteiger partial charge in [0.2, 0.25) is 0 Å². The highest BCUT2D eigenvalue weighted by molar-refractivity contribution is 5.39. The minimum absolute atomic E-state index is 0.406. The quantitative estimate of drug-likeness (QED) is 0.787. The van der Waals surface area contributed by atoms with Crippen molar-refractivity contribution in [2.24, 2.45) is 0 Å². The van der Waals surface area contributed by atoms with Gasteiger partial charge in [0.25, 0.3) is 5.95 Å². The van der Waals surface area contributed by atoms with Crippen molar-refractivity contribution in [1.29, 1.82) is 0 Å². The first-order valence-corrected chi connectivity index (χ1v) is 4.72. The SMILES string of the molecule is CC(O)C(C)(C)Nc1nc(F)c(F)cc1F. The molecule has 2 N–H and O–H groups in total. The van der Waals surface area contributed by atoms with Crippen LogP contribution in [0.5, 0.6) is 0 Å². The van der Waals surface area contributed by atoms with Gasteiger partial charge in [-0.2, -0.15) is 9.37 Å². The molecule has 0 aliphatic heterocycles. The van der Waals surface area contributed by atoms with Crippen molar-refractivity contribution in [3.63, 3.8) is 0 Å². The maximum absolute atomic E-state index is 13.2. The predicted molar refractivity (Wildman–Crippen MR) is 53.5 cm³/mol. The van der Waals surface area contributed by atoms with Crippen LogP contribution in [-0.4, -0.2) is 21.7 Å². The normalized spacial score (nSPS) is 13.7. The summed E-state index contributed by atoms with van der Waals surface area (Å²) < 4.78 is 38.6. The van der Waals surface area contributed by atoms with Crippen LogP contribution in [0.1, 0.15) is 20.8 Å². The van der Waals surface area contributed by atoms with Crippen LogP contribution in [-0.2, 0) is 0 Å². The van der Waals surface area contributed by atoms with E-state index in [-0.39, 0.29) is 0 Å². The average Bonchev–Trinajstić information content (AvgIpc) is 2.13. The van der Waals surface area contributed by atoms with Gasteiger partial charge in [0.1, 0.15) is 0 Å². The van der Waals surface area contributed by atoms with E-state index in [9.17, 15) is 18.3 Å². The fraction of sp³-hybridized carbons (Fsp3) is 0.500. The average molecular weight is 234 g/mol. The van der Waals surface area contributed by atoms with Crippen molar-refractivity contribution in [2.45, 2.75) is 32.4 Å². The number of hydrogen-bond donors (Lipinski definition) is 2. The van der Waals surface area contributed by atoms with E-state index in [4.69, 9.17) is 0 Å². The lowest BCUT2D eigenvalue weighted by Crippen LogP contribution is -2.42. The number of pyridine rings is 1. The van der Waals surface area contributed by atoms with Gasteiger partial charge >= 0.3 is 0 Å². The Hall–Kier alpha value is -1.30. The van der Waals surface area contributed by atoms with Crippen LogP contribution in [0.4, 0.5) is 19.0 Å². The van der Waals surface area contributed by atoms with Crippen molar-refractivity contribution in [3.8, 4) is 0 Å². The first-order chi connectivity index (χ1) is 7.24. The summed E-state index contributed by atoms with van der Waals surface area (Å²) in [5.74, 6) is -4.17. The maximum atomic E-state index is 13.2. The molecule has 1 unspecified atom stereocenters. The molecule has 1 atom stereocenters. The van der Waals surface area contributed by atoms with Gasteiger partial charge < -0.3 is 10.4 Å². The molecule has 0 aliphatic rings. The minimum atomic E-state index is -1.38. The van der Waals surface area contributed by atoms with Gasteiger partial charge in [-0.1, -0.05) is 0 Å². The van der Waals surface area contributed by atoms with Crippen LogP contribution in [0.3, 0.4) is 0 Å². The van der Waals surface area contributed by atoms with Gasteiger partial charge in [-0.05, 0) is 20.8 Å². The zero-order chi connectivity index (χ0) is 12.5. The highest BCUT2D eigenvalue weighted by Crippen LogP contribution is 2.20. The summed E-state index contributed by atoms with van der Waals surface area (Å²) in [6.07, 6.45) is -0.818. The van der Waals surface area contributed by atoms with Crippen molar-refractivity contribution in [2.75, 3.05) is 5.32 Å². The molecule has 3 nitrogen and oxygen atoms in total. The van der Waals surface area contributed by atoms with Gasteiger partial charge in [0, 0.05) is 6.07 Å². The molecule has 1 heterocycles. The number of aromatic nitrogens is 1. The molecule has 0 fully saturated rings. The second kappa shape index (κ2) is 4.29. The summed E-state index contributed by atoms with van der Waals surface area (Å²) in [5, 5.41) is 11.9. The van der Waals surface area contributed by atoms with Gasteiger partial charge in [-0.3, -0.25) is 0 Å². The fourth-order valence-electron chi connectivity index (χ4n) is 0.941. The molecular weight excluding hydrogens is 221 g/mol. The molecule has 1 aromatic heterocycles. The summed E-state index contributed by atoms with van der Waals surface area (Å²) >= 11 is 0. The summed E-state index contributed by atoms with van der Waals surface area (Å²) in [5.41, 5.74) is -0.905. The molecule has 0 radical (unpaired) electrons. The largest absolute Gasteiger partial charge is 0.391 e. The van der Waals surface area contributed by atoms with Crippen LogP contribution in [0.15, 0.2) is 6.07 Å². The van der Waals surface area contributed by atoms with Gasteiger partial charge in [0.15, 0.2) is 17.5 Å². The molecule has 1 rings (SSSR count). The Balaban J connectivity index is 3.02. The minimum Gasteiger partial charge on any atom is -0.391 e. The van der Waals surface area contributed by atoms with E-state index in [1.54, 1.807) is 13.8 Å². The number of halogens is 3. The lowest BCUT2D eigenvalue weighted by molar-refractivity contribution is 0.132. The molecule has 0 amide bonds. The number of nitrogens with zero attached hydrogens (tertiary/aromatic N) is 1. The Kier molecular flexibility index (Phi) is 3.42. The second-order valence-corrected chi connectivity index (χ2v) is 4.11. The van der Waals surface area contributed by atoms with Crippen LogP contribution >= 0.6 is 0 Å². The summed E-state index contributed by atoms with van der Waals surface area (Å²) in [4.78, 5) is 3.10. The number of anilines is 1. The highest BCUT2D eigenvalue weighted by Gasteiger charge is 2.26. The molecule has 0 aliphatic carbocycles. The third-order valence-electron chi connectivity index (χ3n) is 2.37. The summed E-state index contributed by atoms with van der Waals surface area (Å²) in [6.45, 7) is 4.66. The molecule has 0 aromatic carbocycles. The molecule has 0 bridgehead atoms. The first-order valence-electron chi connectivity index (χ1n) is 4.72. The Morgan fingerprint density at radius 3 is 2.38 bits per heavy atom. The maximum Gasteiger partial charge on any atom is 0.251 e. The van der Waals surface area contributed by atoms with E-state index in [0.29, 0.717) is 6.07 Å². The Morgan fingerprint density at radius 1 is 1.31 bits per heavy atom.